The van der Waals surface area contributed by atoms with E-state index in [1.54, 1.807) is 30.3 Å². The van der Waals surface area contributed by atoms with Gasteiger partial charge in [-0.3, -0.25) is 4.79 Å². The number of rotatable bonds is 4. The molecule has 0 aliphatic carbocycles. The number of benzene rings is 2. The van der Waals surface area contributed by atoms with E-state index in [2.05, 4.69) is 0 Å². The van der Waals surface area contributed by atoms with Gasteiger partial charge in [0.25, 0.3) is 0 Å². The van der Waals surface area contributed by atoms with Crippen molar-refractivity contribution < 1.29 is 9.18 Å². The molecule has 0 heterocycles. The molecule has 2 rings (SSSR count). The second-order valence-corrected chi connectivity index (χ2v) is 5.68. The Morgan fingerprint density at radius 2 is 1.79 bits per heavy atom. The summed E-state index contributed by atoms with van der Waals surface area (Å²) in [6.07, 6.45) is 0. The highest BCUT2D eigenvalue weighted by atomic mass is 35.5. The van der Waals surface area contributed by atoms with Gasteiger partial charge in [0.2, 0.25) is 0 Å². The topological polar surface area (TPSA) is 17.1 Å². The fourth-order valence-electron chi connectivity index (χ4n) is 1.47. The molecule has 2 aromatic carbocycles. The van der Waals surface area contributed by atoms with Crippen LogP contribution >= 0.6 is 35.0 Å². The van der Waals surface area contributed by atoms with Gasteiger partial charge in [-0.25, -0.2) is 4.39 Å². The SMILES string of the molecule is O=C(CSc1ccc(F)cc1)c1ccc(Cl)cc1Cl. The molecule has 1 nitrogen and oxygen atoms in total. The molecule has 0 amide bonds. The molecule has 0 unspecified atom stereocenters. The summed E-state index contributed by atoms with van der Waals surface area (Å²) in [5.41, 5.74) is 0.445. The Kier molecular flexibility index (Phi) is 4.86. The quantitative estimate of drug-likeness (QED) is 0.576. The summed E-state index contributed by atoms with van der Waals surface area (Å²) >= 11 is 13.1. The van der Waals surface area contributed by atoms with Crippen LogP contribution in [0, 0.1) is 5.82 Å². The van der Waals surface area contributed by atoms with E-state index in [0.29, 0.717) is 15.6 Å². The molecule has 0 fully saturated rings. The minimum absolute atomic E-state index is 0.0870. The number of halogens is 3. The van der Waals surface area contributed by atoms with Gasteiger partial charge in [-0.15, -0.1) is 11.8 Å². The second-order valence-electron chi connectivity index (χ2n) is 3.79. The van der Waals surface area contributed by atoms with Gasteiger partial charge in [-0.05, 0) is 42.5 Å². The average Bonchev–Trinajstić information content (AvgIpc) is 2.37. The fraction of sp³-hybridized carbons (Fsp3) is 0.0714. The Morgan fingerprint density at radius 3 is 2.42 bits per heavy atom. The highest BCUT2D eigenvalue weighted by Gasteiger charge is 2.11. The van der Waals surface area contributed by atoms with Crippen molar-refractivity contribution in [3.63, 3.8) is 0 Å². The molecule has 0 aliphatic rings. The molecule has 0 saturated heterocycles. The van der Waals surface area contributed by atoms with Crippen molar-refractivity contribution in [1.82, 2.24) is 0 Å². The number of hydrogen-bond acceptors (Lipinski definition) is 2. The third-order valence-electron chi connectivity index (χ3n) is 2.42. The van der Waals surface area contributed by atoms with E-state index < -0.39 is 0 Å². The maximum Gasteiger partial charge on any atom is 0.174 e. The Balaban J connectivity index is 2.03. The summed E-state index contributed by atoms with van der Waals surface area (Å²) < 4.78 is 12.7. The lowest BCUT2D eigenvalue weighted by Gasteiger charge is -2.04. The smallest absolute Gasteiger partial charge is 0.174 e. The van der Waals surface area contributed by atoms with Gasteiger partial charge in [0, 0.05) is 15.5 Å². The Bertz CT molecular complexity index is 599. The van der Waals surface area contributed by atoms with E-state index >= 15 is 0 Å². The van der Waals surface area contributed by atoms with Crippen molar-refractivity contribution in [2.45, 2.75) is 4.90 Å². The van der Waals surface area contributed by atoms with Crippen LogP contribution in [-0.4, -0.2) is 11.5 Å². The normalized spacial score (nSPS) is 10.5. The van der Waals surface area contributed by atoms with Crippen LogP contribution in [0.1, 0.15) is 10.4 Å². The minimum atomic E-state index is -0.295. The van der Waals surface area contributed by atoms with Gasteiger partial charge in [0.1, 0.15) is 5.82 Å². The summed E-state index contributed by atoms with van der Waals surface area (Å²) in [4.78, 5) is 12.8. The molecule has 98 valence electrons. The summed E-state index contributed by atoms with van der Waals surface area (Å²) in [6.45, 7) is 0. The predicted octanol–water partition coefficient (Wildman–Crippen LogP) is 5.11. The van der Waals surface area contributed by atoms with Crippen molar-refractivity contribution in [3.05, 3.63) is 63.9 Å². The highest BCUT2D eigenvalue weighted by Crippen LogP contribution is 2.24. The van der Waals surface area contributed by atoms with Crippen molar-refractivity contribution >= 4 is 40.7 Å². The average molecular weight is 315 g/mol. The molecule has 0 radical (unpaired) electrons. The molecule has 0 N–H and O–H groups in total. The van der Waals surface area contributed by atoms with E-state index in [4.69, 9.17) is 23.2 Å². The largest absolute Gasteiger partial charge is 0.293 e. The molecule has 0 aliphatic heterocycles. The zero-order valence-electron chi connectivity index (χ0n) is 9.70. The molecule has 0 saturated carbocycles. The van der Waals surface area contributed by atoms with Gasteiger partial charge < -0.3 is 0 Å². The zero-order chi connectivity index (χ0) is 13.8. The second kappa shape index (κ2) is 6.42. The number of hydrogen-bond donors (Lipinski definition) is 0. The number of Topliss-reactive ketones (excluding diaryl/α,β-unsaturated/α-hetero) is 1. The predicted molar refractivity (Wildman–Crippen MR) is 77.9 cm³/mol. The van der Waals surface area contributed by atoms with Crippen LogP contribution in [0.25, 0.3) is 0 Å². The lowest BCUT2D eigenvalue weighted by Crippen LogP contribution is -2.03. The molecule has 0 bridgehead atoms. The number of ketones is 1. The summed E-state index contributed by atoms with van der Waals surface area (Å²) in [6, 6.07) is 10.8. The van der Waals surface area contributed by atoms with Crippen LogP contribution in [0.15, 0.2) is 47.4 Å². The molecule has 2 aromatic rings. The van der Waals surface area contributed by atoms with Crippen LogP contribution in [0.2, 0.25) is 10.0 Å². The first-order valence-corrected chi connectivity index (χ1v) is 7.17. The molecular weight excluding hydrogens is 306 g/mol. The number of carbonyl (C=O) groups excluding carboxylic acids is 1. The van der Waals surface area contributed by atoms with Gasteiger partial charge in [-0.2, -0.15) is 0 Å². The maximum absolute atomic E-state index is 12.7. The molecule has 5 heteroatoms. The Hall–Kier alpha value is -1.03. The molecular formula is C14H9Cl2FOS. The first-order valence-electron chi connectivity index (χ1n) is 5.43. The van der Waals surface area contributed by atoms with Crippen LogP contribution < -0.4 is 0 Å². The lowest BCUT2D eigenvalue weighted by molar-refractivity contribution is 0.102. The van der Waals surface area contributed by atoms with Crippen molar-refractivity contribution in [2.24, 2.45) is 0 Å². The Labute approximate surface area is 124 Å². The van der Waals surface area contributed by atoms with Gasteiger partial charge in [0.15, 0.2) is 5.78 Å². The molecule has 19 heavy (non-hydrogen) atoms. The maximum atomic E-state index is 12.7. The van der Waals surface area contributed by atoms with E-state index in [-0.39, 0.29) is 17.4 Å². The molecule has 0 aromatic heterocycles. The Morgan fingerprint density at radius 1 is 1.11 bits per heavy atom. The number of thioether (sulfide) groups is 1. The van der Waals surface area contributed by atoms with Crippen LogP contribution in [0.3, 0.4) is 0 Å². The van der Waals surface area contributed by atoms with Gasteiger partial charge in [-0.1, -0.05) is 23.2 Å². The first kappa shape index (κ1) is 14.4. The van der Waals surface area contributed by atoms with Gasteiger partial charge >= 0.3 is 0 Å². The lowest BCUT2D eigenvalue weighted by atomic mass is 10.1. The summed E-state index contributed by atoms with van der Waals surface area (Å²) in [5.74, 6) is -0.139. The van der Waals surface area contributed by atoms with Crippen LogP contribution in [-0.2, 0) is 0 Å². The monoisotopic (exact) mass is 314 g/mol. The molecule has 0 atom stereocenters. The first-order chi connectivity index (χ1) is 9.06. The van der Waals surface area contributed by atoms with Crippen LogP contribution in [0.5, 0.6) is 0 Å². The standard InChI is InChI=1S/C14H9Cl2FOS/c15-9-1-6-12(13(16)7-9)14(18)8-19-11-4-2-10(17)3-5-11/h1-7H,8H2. The zero-order valence-corrected chi connectivity index (χ0v) is 12.0. The summed E-state index contributed by atoms with van der Waals surface area (Å²) in [7, 11) is 0. The summed E-state index contributed by atoms with van der Waals surface area (Å²) in [5, 5.41) is 0.838. The van der Waals surface area contributed by atoms with E-state index in [1.807, 2.05) is 0 Å². The van der Waals surface area contributed by atoms with Crippen molar-refractivity contribution in [2.75, 3.05) is 5.75 Å². The van der Waals surface area contributed by atoms with E-state index in [9.17, 15) is 9.18 Å². The fourth-order valence-corrected chi connectivity index (χ4v) is 2.77. The van der Waals surface area contributed by atoms with Crippen molar-refractivity contribution in [3.8, 4) is 0 Å². The third kappa shape index (κ3) is 3.96. The number of carbonyl (C=O) groups is 1. The minimum Gasteiger partial charge on any atom is -0.293 e. The van der Waals surface area contributed by atoms with Crippen molar-refractivity contribution in [1.29, 1.82) is 0 Å². The van der Waals surface area contributed by atoms with Gasteiger partial charge in [0.05, 0.1) is 10.8 Å². The third-order valence-corrected chi connectivity index (χ3v) is 3.97. The van der Waals surface area contributed by atoms with E-state index in [0.717, 1.165) is 4.90 Å². The molecule has 0 spiro atoms. The van der Waals surface area contributed by atoms with E-state index in [1.165, 1.54) is 23.9 Å². The van der Waals surface area contributed by atoms with Crippen LogP contribution in [0.4, 0.5) is 4.39 Å². The highest BCUT2D eigenvalue weighted by molar-refractivity contribution is 8.00.